The average Bonchev–Trinajstić information content (AvgIpc) is 3.14. The molecule has 6 aromatic carbocycles. The Balaban J connectivity index is 1.58. The normalized spacial score (nSPS) is 17.7. The Labute approximate surface area is 288 Å². The lowest BCUT2D eigenvalue weighted by Crippen LogP contribution is -2.41. The summed E-state index contributed by atoms with van der Waals surface area (Å²) in [5.41, 5.74) is 3.09. The molecular formula is C44H45NO4. The van der Waals surface area contributed by atoms with Crippen LogP contribution < -0.4 is 5.32 Å². The molecule has 1 amide bonds. The second-order valence-corrected chi connectivity index (χ2v) is 13.4. The van der Waals surface area contributed by atoms with Gasteiger partial charge in [-0.3, -0.25) is 4.79 Å². The molecule has 0 fully saturated rings. The fraction of sp³-hybridized carbons (Fsp3) is 0.295. The summed E-state index contributed by atoms with van der Waals surface area (Å²) >= 11 is 0. The summed E-state index contributed by atoms with van der Waals surface area (Å²) in [5.74, 6) is 0.731. The number of benzene rings is 6. The molecule has 5 nitrogen and oxygen atoms in total. The van der Waals surface area contributed by atoms with E-state index in [1.54, 1.807) is 14.2 Å². The molecule has 250 valence electrons. The molecule has 1 aliphatic carbocycles. The van der Waals surface area contributed by atoms with Crippen LogP contribution in [0.25, 0.3) is 43.1 Å². The molecule has 0 aliphatic heterocycles. The maximum absolute atomic E-state index is 13.5. The van der Waals surface area contributed by atoms with Crippen LogP contribution in [0.5, 0.6) is 0 Å². The predicted octanol–water partition coefficient (Wildman–Crippen LogP) is 9.45. The number of allylic oxidation sites excluding steroid dienone is 2. The third-order valence-corrected chi connectivity index (χ3v) is 10.7. The van der Waals surface area contributed by atoms with Crippen molar-refractivity contribution >= 4 is 49.0 Å². The zero-order valence-electron chi connectivity index (χ0n) is 28.9. The van der Waals surface area contributed by atoms with Gasteiger partial charge in [0.15, 0.2) is 0 Å². The molecule has 49 heavy (non-hydrogen) atoms. The number of hydrogen-bond donors (Lipinski definition) is 2. The number of hydrogen-bond acceptors (Lipinski definition) is 4. The number of carbonyl (C=O) groups is 1. The first-order valence-corrected chi connectivity index (χ1v) is 17.6. The minimum absolute atomic E-state index is 0.0369. The maximum atomic E-state index is 13.5. The Morgan fingerprint density at radius 1 is 0.816 bits per heavy atom. The molecule has 0 saturated carbocycles. The van der Waals surface area contributed by atoms with Crippen LogP contribution in [0.4, 0.5) is 0 Å². The highest BCUT2D eigenvalue weighted by Crippen LogP contribution is 2.52. The van der Waals surface area contributed by atoms with Gasteiger partial charge in [-0.15, -0.1) is 0 Å². The quantitative estimate of drug-likeness (QED) is 0.0786. The van der Waals surface area contributed by atoms with E-state index in [2.05, 4.69) is 110 Å². The Kier molecular flexibility index (Phi) is 9.15. The monoisotopic (exact) mass is 651 g/mol. The standard InChI is InChI=1S/C44H45NO4/c1-5-6-25-45-43(47)30-14-7-15-31(27-30)44(24-11-26-46,38-22-23-39(48-3)28(2)42(38)49-4)37-21-20-35-33-17-9-13-29-12-8-16-32(40(29)33)34-18-10-19-36(37)41(34)35/h7-10,12-23,27-28,42,46H,5-6,11,24-26H2,1-4H3,(H,45,47). The van der Waals surface area contributed by atoms with Crippen molar-refractivity contribution in [3.63, 3.8) is 0 Å². The highest BCUT2D eigenvalue weighted by atomic mass is 16.5. The lowest BCUT2D eigenvalue weighted by molar-refractivity contribution is 0.0640. The zero-order chi connectivity index (χ0) is 34.1. The van der Waals surface area contributed by atoms with E-state index >= 15 is 0 Å². The molecule has 0 spiro atoms. The Morgan fingerprint density at radius 2 is 1.49 bits per heavy atom. The van der Waals surface area contributed by atoms with Crippen LogP contribution >= 0.6 is 0 Å². The third kappa shape index (κ3) is 5.36. The van der Waals surface area contributed by atoms with Gasteiger partial charge >= 0.3 is 0 Å². The molecule has 0 radical (unpaired) electrons. The second-order valence-electron chi connectivity index (χ2n) is 13.4. The molecule has 0 aromatic heterocycles. The van der Waals surface area contributed by atoms with Crippen molar-refractivity contribution in [1.29, 1.82) is 0 Å². The Hall–Kier alpha value is -4.71. The molecule has 1 aliphatic rings. The third-order valence-electron chi connectivity index (χ3n) is 10.7. The van der Waals surface area contributed by atoms with Crippen molar-refractivity contribution in [3.05, 3.63) is 131 Å². The smallest absolute Gasteiger partial charge is 0.251 e. The van der Waals surface area contributed by atoms with Crippen LogP contribution in [0, 0.1) is 5.92 Å². The highest BCUT2D eigenvalue weighted by Gasteiger charge is 2.45. The van der Waals surface area contributed by atoms with Crippen molar-refractivity contribution in [2.24, 2.45) is 5.92 Å². The summed E-state index contributed by atoms with van der Waals surface area (Å²) in [6.45, 7) is 4.93. The highest BCUT2D eigenvalue weighted by molar-refractivity contribution is 6.33. The number of rotatable bonds is 12. The number of aliphatic hydroxyl groups excluding tert-OH is 1. The first kappa shape index (κ1) is 32.8. The van der Waals surface area contributed by atoms with Crippen molar-refractivity contribution in [2.75, 3.05) is 27.4 Å². The van der Waals surface area contributed by atoms with Crippen molar-refractivity contribution in [2.45, 2.75) is 51.0 Å². The van der Waals surface area contributed by atoms with E-state index in [9.17, 15) is 9.90 Å². The van der Waals surface area contributed by atoms with Crippen molar-refractivity contribution in [1.82, 2.24) is 5.32 Å². The van der Waals surface area contributed by atoms with Gasteiger partial charge in [0.25, 0.3) is 5.91 Å². The minimum Gasteiger partial charge on any atom is -0.501 e. The van der Waals surface area contributed by atoms with Gasteiger partial charge in [0.1, 0.15) is 5.76 Å². The number of nitrogens with one attached hydrogen (secondary N) is 1. The van der Waals surface area contributed by atoms with Gasteiger partial charge in [0, 0.05) is 37.2 Å². The van der Waals surface area contributed by atoms with Gasteiger partial charge in [-0.05, 0) is 97.3 Å². The summed E-state index contributed by atoms with van der Waals surface area (Å²) < 4.78 is 12.2. The molecule has 2 N–H and O–H groups in total. The number of aliphatic hydroxyl groups is 1. The molecule has 0 bridgehead atoms. The largest absolute Gasteiger partial charge is 0.501 e. The fourth-order valence-electron chi connectivity index (χ4n) is 8.48. The lowest BCUT2D eigenvalue weighted by Gasteiger charge is -2.44. The summed E-state index contributed by atoms with van der Waals surface area (Å²) in [4.78, 5) is 13.5. The number of unbranched alkanes of at least 4 members (excludes halogenated alkanes) is 1. The number of methoxy groups -OCH3 is 2. The Morgan fingerprint density at radius 3 is 2.18 bits per heavy atom. The molecule has 0 heterocycles. The van der Waals surface area contributed by atoms with Crippen molar-refractivity contribution < 1.29 is 19.4 Å². The lowest BCUT2D eigenvalue weighted by atomic mass is 9.61. The van der Waals surface area contributed by atoms with Crippen LogP contribution in [0.2, 0.25) is 0 Å². The molecule has 3 unspecified atom stereocenters. The van der Waals surface area contributed by atoms with E-state index in [-0.39, 0.29) is 24.5 Å². The van der Waals surface area contributed by atoms with Crippen LogP contribution in [0.3, 0.4) is 0 Å². The van der Waals surface area contributed by atoms with Crippen LogP contribution in [-0.4, -0.2) is 44.5 Å². The summed E-state index contributed by atoms with van der Waals surface area (Å²) in [7, 11) is 3.47. The Bertz CT molecular complexity index is 2160. The minimum atomic E-state index is -0.743. The van der Waals surface area contributed by atoms with E-state index in [1.165, 1.54) is 37.7 Å². The van der Waals surface area contributed by atoms with Crippen LogP contribution in [0.1, 0.15) is 61.0 Å². The van der Waals surface area contributed by atoms with E-state index in [1.807, 2.05) is 12.1 Å². The number of amides is 1. The van der Waals surface area contributed by atoms with Crippen LogP contribution in [0.15, 0.2) is 114 Å². The predicted molar refractivity (Wildman–Crippen MR) is 202 cm³/mol. The van der Waals surface area contributed by atoms with Gasteiger partial charge < -0.3 is 19.9 Å². The van der Waals surface area contributed by atoms with Crippen LogP contribution in [-0.2, 0) is 14.9 Å². The molecular weight excluding hydrogens is 606 g/mol. The SMILES string of the molecule is CCCCNC(=O)c1cccc(C(CCCO)(C2=CC=C(OC)C(C)C2OC)c2ccc3c4cccc5cccc(c6cccc2c63)c54)c1. The van der Waals surface area contributed by atoms with E-state index in [4.69, 9.17) is 9.47 Å². The number of ether oxygens (including phenoxy) is 2. The van der Waals surface area contributed by atoms with Gasteiger partial charge in [-0.1, -0.05) is 105 Å². The number of carbonyl (C=O) groups excluding carboxylic acids is 1. The average molecular weight is 652 g/mol. The molecule has 3 atom stereocenters. The molecule has 7 rings (SSSR count). The fourth-order valence-corrected chi connectivity index (χ4v) is 8.48. The summed E-state index contributed by atoms with van der Waals surface area (Å²) in [6, 6.07) is 32.4. The van der Waals surface area contributed by atoms with Gasteiger partial charge in [0.2, 0.25) is 0 Å². The van der Waals surface area contributed by atoms with Gasteiger partial charge in [-0.25, -0.2) is 0 Å². The van der Waals surface area contributed by atoms with Crippen molar-refractivity contribution in [3.8, 4) is 0 Å². The van der Waals surface area contributed by atoms with Gasteiger partial charge in [-0.2, -0.15) is 0 Å². The number of fused-ring (bicyclic) bond motifs is 2. The van der Waals surface area contributed by atoms with E-state index < -0.39 is 5.41 Å². The molecule has 6 aromatic rings. The molecule has 5 heteroatoms. The van der Waals surface area contributed by atoms with E-state index in [0.29, 0.717) is 24.9 Å². The zero-order valence-corrected chi connectivity index (χ0v) is 28.9. The maximum Gasteiger partial charge on any atom is 0.251 e. The summed E-state index contributed by atoms with van der Waals surface area (Å²) in [6.07, 6.45) is 7.02. The van der Waals surface area contributed by atoms with E-state index in [0.717, 1.165) is 40.7 Å². The topological polar surface area (TPSA) is 67.8 Å². The first-order chi connectivity index (χ1) is 24.0. The second kappa shape index (κ2) is 13.7. The summed E-state index contributed by atoms with van der Waals surface area (Å²) in [5, 5.41) is 23.4. The molecule has 0 saturated heterocycles. The first-order valence-electron chi connectivity index (χ1n) is 17.6. The van der Waals surface area contributed by atoms with Gasteiger partial charge in [0.05, 0.1) is 13.2 Å².